The minimum Gasteiger partial charge on any atom is -0.418 e. The molecule has 3 N–H and O–H groups in total. The van der Waals surface area contributed by atoms with Gasteiger partial charge in [-0.3, -0.25) is 0 Å². The van der Waals surface area contributed by atoms with Crippen LogP contribution < -0.4 is 20.7 Å². The van der Waals surface area contributed by atoms with E-state index in [9.17, 15) is 22.0 Å². The molecule has 0 radical (unpaired) electrons. The Balaban J connectivity index is 2.28. The number of nitrogens with two attached hydrogens (primary N) is 1. The molecule has 9 nitrogen and oxygen atoms in total. The van der Waals surface area contributed by atoms with Crippen molar-refractivity contribution in [2.75, 3.05) is 62.8 Å². The molecule has 1 heterocycles. The van der Waals surface area contributed by atoms with Crippen LogP contribution in [0.2, 0.25) is 0 Å². The third-order valence-corrected chi connectivity index (χ3v) is 4.98. The van der Waals surface area contributed by atoms with Crippen LogP contribution in [0.25, 0.3) is 0 Å². The molecule has 1 aromatic carbocycles. The van der Waals surface area contributed by atoms with E-state index in [1.54, 1.807) is 0 Å². The number of nitrogens with one attached hydrogen (secondary N) is 1. The molecule has 0 unspecified atom stereocenters. The van der Waals surface area contributed by atoms with Crippen LogP contribution >= 0.6 is 0 Å². The first-order valence-corrected chi connectivity index (χ1v) is 12.1. The number of halogens is 5. The van der Waals surface area contributed by atoms with E-state index in [1.807, 2.05) is 18.7 Å². The maximum atomic E-state index is 14.2. The lowest BCUT2D eigenvalue weighted by atomic mass is 10.2. The number of rotatable bonds is 18. The highest BCUT2D eigenvalue weighted by atomic mass is 19.2. The summed E-state index contributed by atoms with van der Waals surface area (Å²) in [5.74, 6) is -12.2. The lowest BCUT2D eigenvalue weighted by Gasteiger charge is -2.23. The number of ether oxygens (including phenoxy) is 3. The molecule has 0 atom stereocenters. The number of aromatic nitrogens is 3. The summed E-state index contributed by atoms with van der Waals surface area (Å²) in [5.41, 5.74) is 5.34. The second-order valence-corrected chi connectivity index (χ2v) is 7.88. The Bertz CT molecular complexity index is 951. The van der Waals surface area contributed by atoms with E-state index in [0.717, 1.165) is 25.7 Å². The molecule has 0 saturated heterocycles. The van der Waals surface area contributed by atoms with Crippen molar-refractivity contribution < 1.29 is 36.2 Å². The fourth-order valence-electron chi connectivity index (χ4n) is 3.03. The number of nitrogens with zero attached hydrogens (tertiary/aromatic N) is 4. The van der Waals surface area contributed by atoms with Gasteiger partial charge in [0.1, 0.15) is 0 Å². The van der Waals surface area contributed by atoms with Crippen LogP contribution in [0, 0.1) is 29.1 Å². The fraction of sp³-hybridized carbons (Fsp3) is 0.609. The zero-order valence-electron chi connectivity index (χ0n) is 21.0. The molecule has 0 aliphatic carbocycles. The Hall–Kier alpha value is -2.84. The Labute approximate surface area is 212 Å². The van der Waals surface area contributed by atoms with E-state index in [2.05, 4.69) is 20.3 Å². The monoisotopic (exact) mass is 536 g/mol. The van der Waals surface area contributed by atoms with Crippen molar-refractivity contribution in [3.8, 4) is 11.8 Å². The first kappa shape index (κ1) is 30.4. The van der Waals surface area contributed by atoms with Crippen molar-refractivity contribution in [2.24, 2.45) is 5.73 Å². The number of hydrogen-bond donors (Lipinski definition) is 2. The van der Waals surface area contributed by atoms with Crippen LogP contribution in [-0.4, -0.2) is 67.6 Å². The first-order chi connectivity index (χ1) is 17.8. The zero-order chi connectivity index (χ0) is 27.2. The van der Waals surface area contributed by atoms with E-state index in [-0.39, 0.29) is 25.0 Å². The summed E-state index contributed by atoms with van der Waals surface area (Å²) >= 11 is 0. The first-order valence-electron chi connectivity index (χ1n) is 12.1. The number of benzene rings is 1. The summed E-state index contributed by atoms with van der Waals surface area (Å²) in [6.45, 7) is 7.20. The van der Waals surface area contributed by atoms with Crippen LogP contribution in [0.15, 0.2) is 0 Å². The van der Waals surface area contributed by atoms with Crippen molar-refractivity contribution in [1.29, 1.82) is 0 Å². The van der Waals surface area contributed by atoms with E-state index >= 15 is 0 Å². The Morgan fingerprint density at radius 2 is 1.32 bits per heavy atom. The molecular formula is C23H33F5N6O3. The second-order valence-electron chi connectivity index (χ2n) is 7.88. The van der Waals surface area contributed by atoms with Crippen LogP contribution in [0.1, 0.15) is 39.5 Å². The summed E-state index contributed by atoms with van der Waals surface area (Å²) in [6.07, 6.45) is 3.40. The molecule has 208 valence electrons. The summed E-state index contributed by atoms with van der Waals surface area (Å²) in [6, 6.07) is -0.634. The zero-order valence-corrected chi connectivity index (χ0v) is 21.0. The molecule has 2 aromatic rings. The average molecular weight is 537 g/mol. The van der Waals surface area contributed by atoms with Gasteiger partial charge in [-0.15, -0.1) is 0 Å². The summed E-state index contributed by atoms with van der Waals surface area (Å²) < 4.78 is 84.8. The number of anilines is 2. The molecule has 0 saturated carbocycles. The standard InChI is InChI=1S/C23H33F5N6O3/c1-3-5-9-34(10-6-4-2)22-31-21(30-8-12-36-14-13-35-11-7-29)32-23(33-22)37-20-18(27)16(25)15(24)17(26)19(20)28/h3-14,29H2,1-2H3,(H,30,31,32,33). The summed E-state index contributed by atoms with van der Waals surface area (Å²) in [4.78, 5) is 14.2. The largest absolute Gasteiger partial charge is 0.418 e. The van der Waals surface area contributed by atoms with E-state index in [0.29, 0.717) is 39.5 Å². The Morgan fingerprint density at radius 1 is 0.757 bits per heavy atom. The molecule has 2 rings (SSSR count). The van der Waals surface area contributed by atoms with Gasteiger partial charge >= 0.3 is 6.01 Å². The van der Waals surface area contributed by atoms with Crippen LogP contribution in [0.5, 0.6) is 11.8 Å². The van der Waals surface area contributed by atoms with Gasteiger partial charge in [0.05, 0.1) is 26.4 Å². The third-order valence-electron chi connectivity index (χ3n) is 4.98. The predicted octanol–water partition coefficient (Wildman–Crippen LogP) is 4.17. The van der Waals surface area contributed by atoms with Crippen molar-refractivity contribution in [2.45, 2.75) is 39.5 Å². The van der Waals surface area contributed by atoms with Crippen LogP contribution in [0.3, 0.4) is 0 Å². The highest BCUT2D eigenvalue weighted by Crippen LogP contribution is 2.32. The van der Waals surface area contributed by atoms with Gasteiger partial charge in [-0.05, 0) is 12.8 Å². The maximum Gasteiger partial charge on any atom is 0.328 e. The molecule has 0 fully saturated rings. The molecular weight excluding hydrogens is 503 g/mol. The molecule has 0 aliphatic heterocycles. The van der Waals surface area contributed by atoms with Gasteiger partial charge < -0.3 is 30.2 Å². The normalized spacial score (nSPS) is 11.1. The molecule has 0 aliphatic rings. The van der Waals surface area contributed by atoms with E-state index in [4.69, 9.17) is 19.9 Å². The van der Waals surface area contributed by atoms with Crippen molar-refractivity contribution >= 4 is 11.9 Å². The van der Waals surface area contributed by atoms with Crippen molar-refractivity contribution in [3.63, 3.8) is 0 Å². The molecule has 1 aromatic heterocycles. The third kappa shape index (κ3) is 9.20. The van der Waals surface area contributed by atoms with Gasteiger partial charge in [0.2, 0.25) is 46.7 Å². The molecule has 0 amide bonds. The maximum absolute atomic E-state index is 14.2. The lowest BCUT2D eigenvalue weighted by Crippen LogP contribution is -2.28. The summed E-state index contributed by atoms with van der Waals surface area (Å²) in [7, 11) is 0. The van der Waals surface area contributed by atoms with E-state index in [1.165, 1.54) is 0 Å². The van der Waals surface area contributed by atoms with Gasteiger partial charge in [0, 0.05) is 26.2 Å². The SMILES string of the molecule is CCCCN(CCCC)c1nc(NCCOCCOCCN)nc(Oc2c(F)c(F)c(F)c(F)c2F)n1. The fourth-order valence-corrected chi connectivity index (χ4v) is 3.03. The Morgan fingerprint density at radius 3 is 1.89 bits per heavy atom. The predicted molar refractivity (Wildman–Crippen MR) is 127 cm³/mol. The summed E-state index contributed by atoms with van der Waals surface area (Å²) in [5, 5.41) is 2.89. The molecule has 0 bridgehead atoms. The average Bonchev–Trinajstić information content (AvgIpc) is 2.90. The lowest BCUT2D eigenvalue weighted by molar-refractivity contribution is 0.0547. The smallest absolute Gasteiger partial charge is 0.328 e. The van der Waals surface area contributed by atoms with Gasteiger partial charge in [-0.25, -0.2) is 13.2 Å². The second kappa shape index (κ2) is 16.1. The topological polar surface area (TPSA) is 108 Å². The minimum atomic E-state index is -2.29. The number of unbranched alkanes of at least 4 members (excludes halogenated alkanes) is 2. The Kier molecular flexibility index (Phi) is 13.2. The molecule has 0 spiro atoms. The quantitative estimate of drug-likeness (QED) is 0.126. The van der Waals surface area contributed by atoms with Gasteiger partial charge in [-0.2, -0.15) is 23.7 Å². The van der Waals surface area contributed by atoms with Crippen molar-refractivity contribution in [3.05, 3.63) is 29.1 Å². The highest BCUT2D eigenvalue weighted by molar-refractivity contribution is 5.40. The van der Waals surface area contributed by atoms with Crippen LogP contribution in [0.4, 0.5) is 33.8 Å². The van der Waals surface area contributed by atoms with Gasteiger partial charge in [-0.1, -0.05) is 26.7 Å². The molecule has 37 heavy (non-hydrogen) atoms. The molecule has 14 heteroatoms. The van der Waals surface area contributed by atoms with E-state index < -0.39 is 40.8 Å². The minimum absolute atomic E-state index is 0.0233. The number of hydrogen-bond acceptors (Lipinski definition) is 9. The van der Waals surface area contributed by atoms with Gasteiger partial charge in [0.15, 0.2) is 0 Å². The highest BCUT2D eigenvalue weighted by Gasteiger charge is 2.28. The van der Waals surface area contributed by atoms with Crippen LogP contribution in [-0.2, 0) is 9.47 Å². The van der Waals surface area contributed by atoms with Gasteiger partial charge in [0.25, 0.3) is 0 Å². The van der Waals surface area contributed by atoms with Crippen molar-refractivity contribution in [1.82, 2.24) is 15.0 Å².